The molecule has 2 aromatic rings. The molecular formula is C11H6F3O3S. The third-order valence-electron chi connectivity index (χ3n) is 2.16. The molecule has 0 unspecified atom stereocenters. The number of alkyl halides is 3. The second-order valence-electron chi connectivity index (χ2n) is 3.38. The first-order valence-corrected chi connectivity index (χ1v) is 6.12. The van der Waals surface area contributed by atoms with Gasteiger partial charge in [0, 0.05) is 11.5 Å². The molecule has 1 radical (unpaired) electrons. The molecule has 0 saturated carbocycles. The minimum atomic E-state index is -5.67. The Kier molecular flexibility index (Phi) is 2.94. The van der Waals surface area contributed by atoms with E-state index in [1.165, 1.54) is 12.1 Å². The number of hydrogen-bond acceptors (Lipinski definition) is 3. The first-order chi connectivity index (χ1) is 8.31. The highest BCUT2D eigenvalue weighted by Crippen LogP contribution is 2.31. The van der Waals surface area contributed by atoms with Gasteiger partial charge in [0.25, 0.3) is 0 Å². The molecule has 18 heavy (non-hydrogen) atoms. The van der Waals surface area contributed by atoms with Crippen molar-refractivity contribution in [3.8, 4) is 5.75 Å². The van der Waals surface area contributed by atoms with Crippen molar-refractivity contribution in [2.45, 2.75) is 5.51 Å². The topological polar surface area (TPSA) is 43.4 Å². The lowest BCUT2D eigenvalue weighted by atomic mass is 10.1. The number of halogens is 3. The summed E-state index contributed by atoms with van der Waals surface area (Å²) in [5.41, 5.74) is -5.46. The van der Waals surface area contributed by atoms with Crippen LogP contribution in [-0.2, 0) is 10.1 Å². The highest BCUT2D eigenvalue weighted by Gasteiger charge is 2.48. The summed E-state index contributed by atoms with van der Waals surface area (Å²) in [6, 6.07) is 11.5. The molecule has 0 aromatic heterocycles. The van der Waals surface area contributed by atoms with E-state index in [0.29, 0.717) is 5.39 Å². The molecule has 0 amide bonds. The van der Waals surface area contributed by atoms with Crippen molar-refractivity contribution in [2.24, 2.45) is 0 Å². The molecule has 2 rings (SSSR count). The highest BCUT2D eigenvalue weighted by atomic mass is 32.2. The van der Waals surface area contributed by atoms with Crippen molar-refractivity contribution in [1.82, 2.24) is 0 Å². The molecule has 2 aromatic carbocycles. The Morgan fingerprint density at radius 1 is 1.11 bits per heavy atom. The van der Waals surface area contributed by atoms with Gasteiger partial charge in [0.1, 0.15) is 0 Å². The van der Waals surface area contributed by atoms with E-state index < -0.39 is 21.4 Å². The summed E-state index contributed by atoms with van der Waals surface area (Å²) in [7, 11) is -5.67. The molecule has 0 heterocycles. The average molecular weight is 275 g/mol. The fourth-order valence-electron chi connectivity index (χ4n) is 1.36. The minimum Gasteiger partial charge on any atom is -0.375 e. The second kappa shape index (κ2) is 4.16. The van der Waals surface area contributed by atoms with Gasteiger partial charge >= 0.3 is 15.6 Å². The van der Waals surface area contributed by atoms with Gasteiger partial charge in [-0.3, -0.25) is 0 Å². The predicted octanol–water partition coefficient (Wildman–Crippen LogP) is 2.87. The highest BCUT2D eigenvalue weighted by molar-refractivity contribution is 7.88. The zero-order valence-corrected chi connectivity index (χ0v) is 9.55. The Bertz CT molecular complexity index is 672. The normalized spacial score (nSPS) is 12.6. The van der Waals surface area contributed by atoms with Crippen LogP contribution in [0.3, 0.4) is 0 Å². The van der Waals surface area contributed by atoms with Crippen LogP contribution in [0.5, 0.6) is 5.75 Å². The molecule has 0 aliphatic rings. The molecule has 0 aliphatic carbocycles. The summed E-state index contributed by atoms with van der Waals surface area (Å²) >= 11 is 0. The quantitative estimate of drug-likeness (QED) is 0.625. The van der Waals surface area contributed by atoms with Gasteiger partial charge in [-0.2, -0.15) is 21.6 Å². The summed E-state index contributed by atoms with van der Waals surface area (Å²) in [4.78, 5) is 0. The number of fused-ring (bicyclic) bond motifs is 1. The van der Waals surface area contributed by atoms with Gasteiger partial charge in [0.05, 0.1) is 0 Å². The van der Waals surface area contributed by atoms with Crippen molar-refractivity contribution in [3.05, 3.63) is 42.5 Å². The Hall–Kier alpha value is -1.76. The summed E-state index contributed by atoms with van der Waals surface area (Å²) in [5.74, 6) is -0.467. The van der Waals surface area contributed by atoms with Gasteiger partial charge in [-0.1, -0.05) is 30.3 Å². The minimum absolute atomic E-state index is 0.243. The van der Waals surface area contributed by atoms with Crippen LogP contribution in [-0.4, -0.2) is 13.9 Å². The Morgan fingerprint density at radius 3 is 2.44 bits per heavy atom. The molecule has 0 N–H and O–H groups in total. The third kappa shape index (κ3) is 2.26. The van der Waals surface area contributed by atoms with E-state index in [0.717, 1.165) is 0 Å². The first kappa shape index (κ1) is 12.7. The van der Waals surface area contributed by atoms with Crippen molar-refractivity contribution in [2.75, 3.05) is 0 Å². The molecular weight excluding hydrogens is 269 g/mol. The Labute approximate surface area is 101 Å². The Balaban J connectivity index is 2.51. The van der Waals surface area contributed by atoms with Crippen molar-refractivity contribution >= 4 is 20.9 Å². The molecule has 0 spiro atoms. The summed E-state index contributed by atoms with van der Waals surface area (Å²) in [5, 5.41) is 0.802. The fourth-order valence-corrected chi connectivity index (χ4v) is 1.81. The second-order valence-corrected chi connectivity index (χ2v) is 4.92. The molecule has 0 aliphatic heterocycles. The number of hydrogen-bond donors (Lipinski definition) is 0. The smallest absolute Gasteiger partial charge is 0.375 e. The monoisotopic (exact) mass is 275 g/mol. The van der Waals surface area contributed by atoms with E-state index in [2.05, 4.69) is 10.2 Å². The zero-order chi connectivity index (χ0) is 13.4. The largest absolute Gasteiger partial charge is 0.534 e. The molecule has 7 heteroatoms. The van der Waals surface area contributed by atoms with Crippen molar-refractivity contribution < 1.29 is 25.8 Å². The van der Waals surface area contributed by atoms with E-state index in [9.17, 15) is 21.6 Å². The Morgan fingerprint density at radius 2 is 1.78 bits per heavy atom. The molecule has 3 nitrogen and oxygen atoms in total. The third-order valence-corrected chi connectivity index (χ3v) is 3.11. The van der Waals surface area contributed by atoms with Gasteiger partial charge in [0.2, 0.25) is 0 Å². The van der Waals surface area contributed by atoms with Gasteiger partial charge in [0.15, 0.2) is 5.75 Å². The van der Waals surface area contributed by atoms with Gasteiger partial charge in [-0.25, -0.2) is 0 Å². The number of rotatable bonds is 2. The van der Waals surface area contributed by atoms with Crippen LogP contribution >= 0.6 is 0 Å². The predicted molar refractivity (Wildman–Crippen MR) is 58.4 cm³/mol. The van der Waals surface area contributed by atoms with Crippen molar-refractivity contribution in [3.63, 3.8) is 0 Å². The van der Waals surface area contributed by atoms with E-state index >= 15 is 0 Å². The van der Waals surface area contributed by atoms with Gasteiger partial charge in [-0.05, 0) is 11.5 Å². The van der Waals surface area contributed by atoms with Crippen LogP contribution in [0.2, 0.25) is 0 Å². The fraction of sp³-hybridized carbons (Fsp3) is 0.0909. The molecule has 0 bridgehead atoms. The summed E-state index contributed by atoms with van der Waals surface area (Å²) < 4.78 is 62.4. The first-order valence-electron chi connectivity index (χ1n) is 4.71. The van der Waals surface area contributed by atoms with Crippen LogP contribution < -0.4 is 4.18 Å². The molecule has 0 atom stereocenters. The van der Waals surface area contributed by atoms with E-state index in [-0.39, 0.29) is 5.39 Å². The summed E-state index contributed by atoms with van der Waals surface area (Å²) in [6.07, 6.45) is 0. The SMILES string of the molecule is O=S(=O)(Oc1[c]ccc2ccccc12)C(F)(F)F. The maximum Gasteiger partial charge on any atom is 0.534 e. The molecule has 0 saturated heterocycles. The van der Waals surface area contributed by atoms with Crippen LogP contribution in [0.1, 0.15) is 0 Å². The lowest BCUT2D eigenvalue weighted by molar-refractivity contribution is -0.0499. The van der Waals surface area contributed by atoms with Crippen LogP contribution in [0.25, 0.3) is 10.8 Å². The molecule has 95 valence electrons. The van der Waals surface area contributed by atoms with Crippen molar-refractivity contribution in [1.29, 1.82) is 0 Å². The number of benzene rings is 2. The lowest BCUT2D eigenvalue weighted by Crippen LogP contribution is -2.28. The average Bonchev–Trinajstić information content (AvgIpc) is 2.27. The maximum absolute atomic E-state index is 12.2. The maximum atomic E-state index is 12.2. The standard InChI is InChI=1S/C11H6F3O3S/c12-11(13,14)18(15,16)17-10-7-3-5-8-4-1-2-6-9(8)10/h1-6H. The zero-order valence-electron chi connectivity index (χ0n) is 8.73. The lowest BCUT2D eigenvalue weighted by Gasteiger charge is -2.10. The van der Waals surface area contributed by atoms with E-state index in [1.807, 2.05) is 0 Å². The molecule has 0 fully saturated rings. The van der Waals surface area contributed by atoms with Crippen LogP contribution in [0, 0.1) is 6.07 Å². The van der Waals surface area contributed by atoms with Gasteiger partial charge < -0.3 is 4.18 Å². The van der Waals surface area contributed by atoms with Crippen LogP contribution in [0.4, 0.5) is 13.2 Å². The van der Waals surface area contributed by atoms with E-state index in [4.69, 9.17) is 0 Å². The van der Waals surface area contributed by atoms with E-state index in [1.54, 1.807) is 24.3 Å². The van der Waals surface area contributed by atoms with Crippen LogP contribution in [0.15, 0.2) is 36.4 Å². The summed E-state index contributed by atoms with van der Waals surface area (Å²) in [6.45, 7) is 0. The van der Waals surface area contributed by atoms with Gasteiger partial charge in [-0.15, -0.1) is 0 Å².